The summed E-state index contributed by atoms with van der Waals surface area (Å²) in [5.74, 6) is -2.32. The Bertz CT molecular complexity index is 1440. The quantitative estimate of drug-likeness (QED) is 0.339. The van der Waals surface area contributed by atoms with Crippen LogP contribution in [0.3, 0.4) is 0 Å². The average molecular weight is 504 g/mol. The average Bonchev–Trinajstić information content (AvgIpc) is 3.17. The standard InChI is InChI=1S/C20H12ClF2N3O3.C5H12O/c1-25-19-15(26(10-27)24-18(19)12-4-2-3-5-13(12)21)9-17(20(25)28)29-16-7-6-11(22)8-14(16)23;1-5(2,3)6-4/h2-10H,1H3;1-4H3. The monoisotopic (exact) mass is 503 g/mol. The minimum Gasteiger partial charge on any atom is -0.448 e. The van der Waals surface area contributed by atoms with Crippen LogP contribution in [0.4, 0.5) is 8.78 Å². The predicted octanol–water partition coefficient (Wildman–Crippen LogP) is 5.60. The maximum absolute atomic E-state index is 13.9. The van der Waals surface area contributed by atoms with Crippen molar-refractivity contribution in [1.82, 2.24) is 14.3 Å². The molecule has 0 N–H and O–H groups in total. The molecule has 0 amide bonds. The number of carbonyl (C=O) groups is 1. The highest BCUT2D eigenvalue weighted by Crippen LogP contribution is 2.33. The number of hydrogen-bond donors (Lipinski definition) is 0. The van der Waals surface area contributed by atoms with Crippen molar-refractivity contribution in [2.24, 2.45) is 7.05 Å². The van der Waals surface area contributed by atoms with Crippen molar-refractivity contribution in [3.8, 4) is 22.8 Å². The van der Waals surface area contributed by atoms with Crippen molar-refractivity contribution in [2.75, 3.05) is 7.11 Å². The highest BCUT2D eigenvalue weighted by atomic mass is 35.5. The Hall–Kier alpha value is -3.56. The number of fused-ring (bicyclic) bond motifs is 1. The van der Waals surface area contributed by atoms with Gasteiger partial charge in [0.2, 0.25) is 6.41 Å². The van der Waals surface area contributed by atoms with Crippen LogP contribution in [0, 0.1) is 11.6 Å². The van der Waals surface area contributed by atoms with Crippen molar-refractivity contribution in [2.45, 2.75) is 26.4 Å². The molecule has 0 aliphatic carbocycles. The zero-order valence-electron chi connectivity index (χ0n) is 19.8. The van der Waals surface area contributed by atoms with Crippen LogP contribution in [0.15, 0.2) is 53.3 Å². The summed E-state index contributed by atoms with van der Waals surface area (Å²) in [7, 11) is 3.18. The third kappa shape index (κ3) is 5.75. The molecule has 0 saturated heterocycles. The maximum Gasteiger partial charge on any atom is 0.293 e. The van der Waals surface area contributed by atoms with Crippen LogP contribution in [0.5, 0.6) is 11.5 Å². The smallest absolute Gasteiger partial charge is 0.293 e. The molecule has 10 heteroatoms. The molecule has 0 fully saturated rings. The fourth-order valence-electron chi connectivity index (χ4n) is 3.02. The SMILES string of the molecule is COC(C)(C)C.Cn1c(=O)c(Oc2ccc(F)cc2F)cc2c1c(-c1ccccc1Cl)nn2C=O. The summed E-state index contributed by atoms with van der Waals surface area (Å²) in [5, 5.41) is 4.64. The third-order valence-corrected chi connectivity index (χ3v) is 5.32. The maximum atomic E-state index is 13.9. The normalized spacial score (nSPS) is 11.2. The molecule has 184 valence electrons. The van der Waals surface area contributed by atoms with Crippen LogP contribution < -0.4 is 10.3 Å². The van der Waals surface area contributed by atoms with Gasteiger partial charge in [0.1, 0.15) is 11.5 Å². The van der Waals surface area contributed by atoms with Gasteiger partial charge in [-0.25, -0.2) is 13.5 Å². The Balaban J connectivity index is 0.000000509. The van der Waals surface area contributed by atoms with E-state index in [0.29, 0.717) is 34.3 Å². The Morgan fingerprint density at radius 2 is 1.71 bits per heavy atom. The molecule has 2 aromatic heterocycles. The summed E-state index contributed by atoms with van der Waals surface area (Å²) in [5.41, 5.74) is 0.918. The van der Waals surface area contributed by atoms with E-state index in [9.17, 15) is 18.4 Å². The molecule has 0 radical (unpaired) electrons. The number of benzene rings is 2. The van der Waals surface area contributed by atoms with Crippen molar-refractivity contribution < 1.29 is 23.0 Å². The lowest BCUT2D eigenvalue weighted by atomic mass is 10.1. The highest BCUT2D eigenvalue weighted by molar-refractivity contribution is 6.33. The summed E-state index contributed by atoms with van der Waals surface area (Å²) in [4.78, 5) is 24.4. The molecule has 0 spiro atoms. The van der Waals surface area contributed by atoms with Crippen LogP contribution in [0.1, 0.15) is 20.8 Å². The second-order valence-corrected chi connectivity index (χ2v) is 8.89. The van der Waals surface area contributed by atoms with Crippen LogP contribution >= 0.6 is 11.6 Å². The number of pyridine rings is 1. The van der Waals surface area contributed by atoms with E-state index in [0.717, 1.165) is 16.8 Å². The van der Waals surface area contributed by atoms with Crippen LogP contribution in [-0.2, 0) is 16.6 Å². The van der Waals surface area contributed by atoms with Crippen molar-refractivity contribution in [3.63, 3.8) is 0 Å². The number of aryl methyl sites for hydroxylation is 1. The third-order valence-electron chi connectivity index (χ3n) is 5.00. The van der Waals surface area contributed by atoms with Gasteiger partial charge >= 0.3 is 0 Å². The molecule has 7 nitrogen and oxygen atoms in total. The predicted molar refractivity (Wildman–Crippen MR) is 131 cm³/mol. The summed E-state index contributed by atoms with van der Waals surface area (Å²) < 4.78 is 39.6. The van der Waals surface area contributed by atoms with Crippen LogP contribution in [0.2, 0.25) is 5.02 Å². The number of carbonyl (C=O) groups excluding carboxylic acids is 1. The summed E-state index contributed by atoms with van der Waals surface area (Å²) >= 11 is 6.25. The number of halogens is 3. The van der Waals surface area contributed by atoms with Crippen molar-refractivity contribution in [1.29, 1.82) is 0 Å². The zero-order valence-corrected chi connectivity index (χ0v) is 20.6. The van der Waals surface area contributed by atoms with Crippen LogP contribution in [0.25, 0.3) is 22.3 Å². The first-order valence-electron chi connectivity index (χ1n) is 10.5. The van der Waals surface area contributed by atoms with E-state index in [2.05, 4.69) is 5.10 Å². The van der Waals surface area contributed by atoms with E-state index in [1.807, 2.05) is 20.8 Å². The van der Waals surface area contributed by atoms with E-state index >= 15 is 0 Å². The summed E-state index contributed by atoms with van der Waals surface area (Å²) in [6, 6.07) is 10.9. The highest BCUT2D eigenvalue weighted by Gasteiger charge is 2.21. The first-order valence-corrected chi connectivity index (χ1v) is 10.8. The number of ether oxygens (including phenoxy) is 2. The first-order chi connectivity index (χ1) is 16.5. The van der Waals surface area contributed by atoms with E-state index in [4.69, 9.17) is 21.1 Å². The first kappa shape index (κ1) is 26.1. The molecule has 2 aromatic carbocycles. The number of nitrogens with zero attached hydrogens (tertiary/aromatic N) is 3. The molecule has 0 aliphatic heterocycles. The largest absolute Gasteiger partial charge is 0.448 e. The molecular formula is C25H24ClF2N3O4. The number of methoxy groups -OCH3 is 1. The lowest BCUT2D eigenvalue weighted by molar-refractivity contribution is 0.0397. The van der Waals surface area contributed by atoms with Gasteiger partial charge in [-0.3, -0.25) is 9.59 Å². The molecule has 2 heterocycles. The Labute approximate surface area is 205 Å². The fraction of sp³-hybridized carbons (Fsp3) is 0.240. The van der Waals surface area contributed by atoms with Gasteiger partial charge in [0.15, 0.2) is 17.3 Å². The fourth-order valence-corrected chi connectivity index (χ4v) is 3.25. The van der Waals surface area contributed by atoms with E-state index in [1.165, 1.54) is 17.7 Å². The molecule has 0 atom stereocenters. The van der Waals surface area contributed by atoms with Crippen molar-refractivity contribution in [3.05, 3.63) is 75.5 Å². The molecule has 0 saturated carbocycles. The lowest BCUT2D eigenvalue weighted by Crippen LogP contribution is -2.19. The zero-order chi connectivity index (χ0) is 25.9. The minimum atomic E-state index is -0.965. The lowest BCUT2D eigenvalue weighted by Gasteiger charge is -2.14. The second kappa shape index (κ2) is 10.4. The van der Waals surface area contributed by atoms with Gasteiger partial charge in [-0.1, -0.05) is 29.8 Å². The Morgan fingerprint density at radius 3 is 2.29 bits per heavy atom. The molecule has 0 aliphatic rings. The molecular weight excluding hydrogens is 480 g/mol. The number of hydrogen-bond acceptors (Lipinski definition) is 5. The molecule has 35 heavy (non-hydrogen) atoms. The topological polar surface area (TPSA) is 75.3 Å². The van der Waals surface area contributed by atoms with Gasteiger partial charge in [0.05, 0.1) is 21.7 Å². The van der Waals surface area contributed by atoms with Gasteiger partial charge in [-0.2, -0.15) is 5.10 Å². The number of aromatic nitrogens is 3. The Kier molecular flexibility index (Phi) is 7.72. The Morgan fingerprint density at radius 1 is 1.06 bits per heavy atom. The van der Waals surface area contributed by atoms with Gasteiger partial charge in [-0.15, -0.1) is 0 Å². The van der Waals surface area contributed by atoms with Crippen LogP contribution in [-0.4, -0.2) is 33.5 Å². The molecule has 4 rings (SSSR count). The van der Waals surface area contributed by atoms with E-state index in [-0.39, 0.29) is 22.6 Å². The molecule has 4 aromatic rings. The minimum absolute atomic E-state index is 0.0417. The van der Waals surface area contributed by atoms with Gasteiger partial charge in [0, 0.05) is 31.9 Å². The van der Waals surface area contributed by atoms with Gasteiger partial charge < -0.3 is 14.0 Å². The molecule has 0 bridgehead atoms. The summed E-state index contributed by atoms with van der Waals surface area (Å²) in [6.07, 6.45) is 0.468. The van der Waals surface area contributed by atoms with E-state index < -0.39 is 17.2 Å². The second-order valence-electron chi connectivity index (χ2n) is 8.48. The molecule has 0 unspecified atom stereocenters. The van der Waals surface area contributed by atoms with Gasteiger partial charge in [0.25, 0.3) is 5.56 Å². The van der Waals surface area contributed by atoms with Gasteiger partial charge in [-0.05, 0) is 39.0 Å². The van der Waals surface area contributed by atoms with E-state index in [1.54, 1.807) is 31.4 Å². The van der Waals surface area contributed by atoms with Crippen molar-refractivity contribution >= 4 is 29.0 Å². The number of rotatable bonds is 4. The summed E-state index contributed by atoms with van der Waals surface area (Å²) in [6.45, 7) is 6.06.